The Kier molecular flexibility index (Phi) is 10.9. The number of nitrogens with one attached hydrogen (secondary N) is 4. The van der Waals surface area contributed by atoms with E-state index >= 15 is 0 Å². The molecule has 0 saturated heterocycles. The lowest BCUT2D eigenvalue weighted by Crippen LogP contribution is -2.38. The Hall–Kier alpha value is -3.94. The fraction of sp³-hybridized carbons (Fsp3) is 0.500. The molecule has 0 aliphatic carbocycles. The highest BCUT2D eigenvalue weighted by Crippen LogP contribution is 2.11. The van der Waals surface area contributed by atoms with Crippen LogP contribution in [0.1, 0.15) is 67.8 Å². The molecule has 0 bridgehead atoms. The van der Waals surface area contributed by atoms with Crippen molar-refractivity contribution in [2.45, 2.75) is 52.7 Å². The second-order valence-corrected chi connectivity index (χ2v) is 9.44. The van der Waals surface area contributed by atoms with Gasteiger partial charge >= 0.3 is 12.2 Å². The molecule has 11 heteroatoms. The van der Waals surface area contributed by atoms with E-state index in [1.165, 1.54) is 18.2 Å². The Morgan fingerprint density at radius 1 is 0.714 bits per heavy atom. The first-order valence-electron chi connectivity index (χ1n) is 11.1. The number of alkyl carbamates (subject to hydrolysis) is 2. The summed E-state index contributed by atoms with van der Waals surface area (Å²) in [6.45, 7) is 11.1. The molecule has 0 unspecified atom stereocenters. The van der Waals surface area contributed by atoms with E-state index < -0.39 is 35.2 Å². The lowest BCUT2D eigenvalue weighted by Gasteiger charge is -2.19. The first-order chi connectivity index (χ1) is 16.2. The molecule has 1 aromatic rings. The normalized spacial score (nSPS) is 10.8. The highest BCUT2D eigenvalue weighted by molar-refractivity contribution is 6.00. The standard InChI is InChI=1S/C24H35N5O6/c1-23(2,3)34-21(32)28-11-9-26-19(30)17-13-16(7-8-25)14-18(15-17)20(31)27-10-12-29-22(33)35-24(4,5)6/h13-15H,9-12,25H2,1-6H3,(H,26,30)(H,27,31)(H,28,32)(H,29,33). The minimum Gasteiger partial charge on any atom is -0.444 e. The Morgan fingerprint density at radius 2 is 1.09 bits per heavy atom. The van der Waals surface area contributed by atoms with E-state index in [0.29, 0.717) is 5.56 Å². The van der Waals surface area contributed by atoms with Gasteiger partial charge in [0, 0.05) is 48.9 Å². The number of hydrogen-bond donors (Lipinski definition) is 5. The highest BCUT2D eigenvalue weighted by Gasteiger charge is 2.17. The number of carbonyl (C=O) groups is 4. The van der Waals surface area contributed by atoms with Crippen LogP contribution in [-0.2, 0) is 9.47 Å². The maximum atomic E-state index is 12.6. The SMILES string of the molecule is CC(C)(C)OC(=O)NCCNC(=O)c1cc(C#CN)cc(C(=O)NCCNC(=O)OC(C)(C)C)c1. The predicted molar refractivity (Wildman–Crippen MR) is 131 cm³/mol. The molecule has 6 N–H and O–H groups in total. The van der Waals surface area contributed by atoms with Gasteiger partial charge in [0.05, 0.1) is 0 Å². The van der Waals surface area contributed by atoms with Gasteiger partial charge in [-0.15, -0.1) is 0 Å². The zero-order valence-corrected chi connectivity index (χ0v) is 21.1. The van der Waals surface area contributed by atoms with Crippen molar-refractivity contribution < 1.29 is 28.7 Å². The number of nitrogens with two attached hydrogens (primary N) is 1. The van der Waals surface area contributed by atoms with E-state index in [9.17, 15) is 19.2 Å². The van der Waals surface area contributed by atoms with Crippen LogP contribution in [0.25, 0.3) is 0 Å². The zero-order chi connectivity index (χ0) is 26.6. The number of ether oxygens (including phenoxy) is 2. The molecule has 0 aliphatic heterocycles. The van der Waals surface area contributed by atoms with Crippen molar-refractivity contribution >= 4 is 24.0 Å². The average molecular weight is 490 g/mol. The molecule has 0 saturated carbocycles. The summed E-state index contributed by atoms with van der Waals surface area (Å²) in [5.74, 6) is 1.70. The molecule has 0 aromatic heterocycles. The maximum Gasteiger partial charge on any atom is 0.407 e. The molecule has 0 aliphatic rings. The molecule has 1 rings (SSSR count). The summed E-state index contributed by atoms with van der Waals surface area (Å²) in [6, 6.07) is 6.65. The molecule has 35 heavy (non-hydrogen) atoms. The summed E-state index contributed by atoms with van der Waals surface area (Å²) >= 11 is 0. The molecule has 11 nitrogen and oxygen atoms in total. The number of benzene rings is 1. The summed E-state index contributed by atoms with van der Waals surface area (Å²) in [4.78, 5) is 48.5. The summed E-state index contributed by atoms with van der Waals surface area (Å²) in [6.07, 6.45) is -1.18. The van der Waals surface area contributed by atoms with Gasteiger partial charge in [0.1, 0.15) is 11.2 Å². The van der Waals surface area contributed by atoms with E-state index in [-0.39, 0.29) is 37.3 Å². The number of hydrogen-bond acceptors (Lipinski definition) is 7. The van der Waals surface area contributed by atoms with Crippen LogP contribution < -0.4 is 27.0 Å². The lowest BCUT2D eigenvalue weighted by molar-refractivity contribution is 0.0516. The first kappa shape index (κ1) is 29.1. The zero-order valence-electron chi connectivity index (χ0n) is 21.1. The van der Waals surface area contributed by atoms with Crippen LogP contribution >= 0.6 is 0 Å². The van der Waals surface area contributed by atoms with Crippen LogP contribution in [0.5, 0.6) is 0 Å². The van der Waals surface area contributed by atoms with Crippen LogP contribution in [-0.4, -0.2) is 61.4 Å². The second-order valence-electron chi connectivity index (χ2n) is 9.44. The Labute approximate surface area is 205 Å². The number of carbonyl (C=O) groups excluding carboxylic acids is 4. The Balaban J connectivity index is 2.67. The van der Waals surface area contributed by atoms with Crippen LogP contribution in [0.15, 0.2) is 18.2 Å². The Morgan fingerprint density at radius 3 is 1.43 bits per heavy atom. The average Bonchev–Trinajstić information content (AvgIpc) is 2.71. The molecule has 4 amide bonds. The van der Waals surface area contributed by atoms with Crippen molar-refractivity contribution in [3.63, 3.8) is 0 Å². The van der Waals surface area contributed by atoms with Gasteiger partial charge in [0.2, 0.25) is 0 Å². The molecule has 0 radical (unpaired) electrons. The van der Waals surface area contributed by atoms with Gasteiger partial charge in [0.25, 0.3) is 11.8 Å². The minimum atomic E-state index is -0.624. The van der Waals surface area contributed by atoms with Crippen LogP contribution in [0.2, 0.25) is 0 Å². The third-order valence-electron chi connectivity index (χ3n) is 3.83. The van der Waals surface area contributed by atoms with Crippen LogP contribution in [0, 0.1) is 12.0 Å². The van der Waals surface area contributed by atoms with Crippen LogP contribution in [0.3, 0.4) is 0 Å². The van der Waals surface area contributed by atoms with Crippen molar-refractivity contribution in [1.29, 1.82) is 0 Å². The van der Waals surface area contributed by atoms with Gasteiger partial charge in [-0.2, -0.15) is 0 Å². The van der Waals surface area contributed by atoms with Crippen molar-refractivity contribution in [3.05, 3.63) is 34.9 Å². The van der Waals surface area contributed by atoms with Gasteiger partial charge in [0.15, 0.2) is 0 Å². The fourth-order valence-corrected chi connectivity index (χ4v) is 2.56. The lowest BCUT2D eigenvalue weighted by atomic mass is 10.0. The highest BCUT2D eigenvalue weighted by atomic mass is 16.6. The molecular formula is C24H35N5O6. The van der Waals surface area contributed by atoms with Crippen molar-refractivity contribution in [1.82, 2.24) is 21.3 Å². The van der Waals surface area contributed by atoms with Gasteiger partial charge in [-0.1, -0.05) is 0 Å². The first-order valence-corrected chi connectivity index (χ1v) is 11.1. The number of rotatable bonds is 8. The van der Waals surface area contributed by atoms with Crippen molar-refractivity contribution in [2.24, 2.45) is 5.73 Å². The smallest absolute Gasteiger partial charge is 0.407 e. The topological polar surface area (TPSA) is 161 Å². The van der Waals surface area contributed by atoms with Crippen molar-refractivity contribution in [2.75, 3.05) is 26.2 Å². The molecular weight excluding hydrogens is 454 g/mol. The summed E-state index contributed by atoms with van der Waals surface area (Å²) in [5, 5.41) is 10.4. The molecule has 0 spiro atoms. The summed E-state index contributed by atoms with van der Waals surface area (Å²) in [5.41, 5.74) is 4.80. The second kappa shape index (κ2) is 13.1. The molecule has 0 atom stereocenters. The van der Waals surface area contributed by atoms with Crippen molar-refractivity contribution in [3.8, 4) is 12.0 Å². The van der Waals surface area contributed by atoms with Gasteiger partial charge < -0.3 is 36.5 Å². The van der Waals surface area contributed by atoms with E-state index in [2.05, 4.69) is 33.2 Å². The predicted octanol–water partition coefficient (Wildman–Crippen LogP) is 1.46. The molecule has 0 heterocycles. The van der Waals surface area contributed by atoms with Crippen LogP contribution in [0.4, 0.5) is 9.59 Å². The fourth-order valence-electron chi connectivity index (χ4n) is 2.56. The van der Waals surface area contributed by atoms with E-state index in [0.717, 1.165) is 0 Å². The summed E-state index contributed by atoms with van der Waals surface area (Å²) < 4.78 is 10.2. The molecule has 192 valence electrons. The summed E-state index contributed by atoms with van der Waals surface area (Å²) in [7, 11) is 0. The van der Waals surface area contributed by atoms with Gasteiger partial charge in [-0.05, 0) is 65.7 Å². The van der Waals surface area contributed by atoms with Gasteiger partial charge in [-0.25, -0.2) is 9.59 Å². The monoisotopic (exact) mass is 489 g/mol. The van der Waals surface area contributed by atoms with E-state index in [1.807, 2.05) is 0 Å². The van der Waals surface area contributed by atoms with Gasteiger partial charge in [-0.3, -0.25) is 9.59 Å². The third kappa shape index (κ3) is 12.8. The largest absolute Gasteiger partial charge is 0.444 e. The maximum absolute atomic E-state index is 12.6. The molecule has 1 aromatic carbocycles. The van der Waals surface area contributed by atoms with E-state index in [1.54, 1.807) is 41.5 Å². The molecule has 0 fully saturated rings. The quantitative estimate of drug-likeness (QED) is 0.210. The minimum absolute atomic E-state index is 0.142. The van der Waals surface area contributed by atoms with E-state index in [4.69, 9.17) is 15.2 Å². The Bertz CT molecular complexity index is 917. The third-order valence-corrected chi connectivity index (χ3v) is 3.83. The number of amides is 4.